The van der Waals surface area contributed by atoms with Crippen LogP contribution >= 0.6 is 23.2 Å². The number of ether oxygens (including phenoxy) is 1. The van der Waals surface area contributed by atoms with Gasteiger partial charge in [0.1, 0.15) is 6.54 Å². The van der Waals surface area contributed by atoms with Crippen LogP contribution in [0.25, 0.3) is 0 Å². The van der Waals surface area contributed by atoms with Gasteiger partial charge in [-0.25, -0.2) is 13.8 Å². The van der Waals surface area contributed by atoms with Crippen molar-refractivity contribution in [2.75, 3.05) is 18.0 Å². The van der Waals surface area contributed by atoms with Crippen molar-refractivity contribution in [1.82, 2.24) is 5.43 Å². The molecule has 0 fully saturated rings. The number of hydrazone groups is 1. The van der Waals surface area contributed by atoms with E-state index in [1.54, 1.807) is 24.3 Å². The van der Waals surface area contributed by atoms with E-state index in [4.69, 9.17) is 27.9 Å². The molecule has 3 rings (SSSR count). The molecule has 2 N–H and O–H groups in total. The Labute approximate surface area is 201 Å². The number of hydrogen-bond donors (Lipinski definition) is 2. The van der Waals surface area contributed by atoms with Gasteiger partial charge in [-0.3, -0.25) is 9.10 Å². The molecule has 3 aromatic carbocycles. The van der Waals surface area contributed by atoms with Crippen LogP contribution in [0.4, 0.5) is 5.69 Å². The lowest BCUT2D eigenvalue weighted by molar-refractivity contribution is -0.119. The summed E-state index contributed by atoms with van der Waals surface area (Å²) in [5.41, 5.74) is 2.92. The highest BCUT2D eigenvalue weighted by Gasteiger charge is 2.28. The van der Waals surface area contributed by atoms with E-state index in [9.17, 15) is 18.3 Å². The third-order valence-corrected chi connectivity index (χ3v) is 6.72. The van der Waals surface area contributed by atoms with Crippen molar-refractivity contribution in [3.63, 3.8) is 0 Å². The average Bonchev–Trinajstić information content (AvgIpc) is 2.79. The van der Waals surface area contributed by atoms with E-state index in [-0.39, 0.29) is 27.1 Å². The normalized spacial score (nSPS) is 11.4. The Morgan fingerprint density at radius 1 is 1.12 bits per heavy atom. The van der Waals surface area contributed by atoms with E-state index in [0.717, 1.165) is 4.31 Å². The molecule has 0 bridgehead atoms. The summed E-state index contributed by atoms with van der Waals surface area (Å²) in [4.78, 5) is 12.6. The van der Waals surface area contributed by atoms with Gasteiger partial charge in [-0.1, -0.05) is 41.4 Å². The van der Waals surface area contributed by atoms with Crippen LogP contribution in [0.15, 0.2) is 76.7 Å². The van der Waals surface area contributed by atoms with Gasteiger partial charge in [0.05, 0.1) is 28.9 Å². The van der Waals surface area contributed by atoms with Crippen molar-refractivity contribution < 1.29 is 23.1 Å². The van der Waals surface area contributed by atoms with Crippen LogP contribution in [0.5, 0.6) is 11.5 Å². The third-order valence-electron chi connectivity index (χ3n) is 4.40. The van der Waals surface area contributed by atoms with E-state index in [2.05, 4.69) is 10.5 Å². The Morgan fingerprint density at radius 2 is 1.85 bits per heavy atom. The van der Waals surface area contributed by atoms with Gasteiger partial charge >= 0.3 is 0 Å². The monoisotopic (exact) mass is 507 g/mol. The van der Waals surface area contributed by atoms with Gasteiger partial charge in [-0.05, 0) is 54.1 Å². The topological polar surface area (TPSA) is 108 Å². The number of nitrogens with zero attached hydrogens (tertiary/aromatic N) is 2. The number of nitrogens with one attached hydrogen (secondary N) is 1. The number of anilines is 1. The zero-order valence-electron chi connectivity index (χ0n) is 17.3. The minimum Gasteiger partial charge on any atom is -0.504 e. The predicted molar refractivity (Wildman–Crippen MR) is 128 cm³/mol. The predicted octanol–water partition coefficient (Wildman–Crippen LogP) is 4.05. The number of hydrogen-bond acceptors (Lipinski definition) is 6. The summed E-state index contributed by atoms with van der Waals surface area (Å²) < 4.78 is 32.5. The number of aromatic hydroxyl groups is 1. The van der Waals surface area contributed by atoms with Gasteiger partial charge < -0.3 is 9.84 Å². The molecule has 0 aliphatic rings. The first kappa shape index (κ1) is 24.4. The third kappa shape index (κ3) is 5.95. The SMILES string of the molecule is COc1cc(/C=N\NC(=O)CN(c2ccc(Cl)cc2Cl)S(=O)(=O)c2ccccc2)ccc1O. The molecule has 33 heavy (non-hydrogen) atoms. The molecule has 0 heterocycles. The van der Waals surface area contributed by atoms with Gasteiger partial charge in [-0.15, -0.1) is 0 Å². The second-order valence-electron chi connectivity index (χ2n) is 6.64. The van der Waals surface area contributed by atoms with E-state index in [0.29, 0.717) is 10.6 Å². The lowest BCUT2D eigenvalue weighted by Gasteiger charge is -2.24. The number of carbonyl (C=O) groups is 1. The highest BCUT2D eigenvalue weighted by atomic mass is 35.5. The van der Waals surface area contributed by atoms with E-state index in [1.807, 2.05) is 0 Å². The summed E-state index contributed by atoms with van der Waals surface area (Å²) in [6.45, 7) is -0.588. The maximum Gasteiger partial charge on any atom is 0.264 e. The molecule has 0 aliphatic carbocycles. The van der Waals surface area contributed by atoms with Gasteiger partial charge in [0, 0.05) is 5.02 Å². The highest BCUT2D eigenvalue weighted by molar-refractivity contribution is 7.92. The van der Waals surface area contributed by atoms with E-state index in [1.165, 1.54) is 55.8 Å². The molecular weight excluding hydrogens is 489 g/mol. The number of amides is 1. The minimum absolute atomic E-state index is 0.0106. The van der Waals surface area contributed by atoms with Crippen LogP contribution in [-0.2, 0) is 14.8 Å². The van der Waals surface area contributed by atoms with Crippen molar-refractivity contribution in [3.05, 3.63) is 82.3 Å². The van der Waals surface area contributed by atoms with Gasteiger partial charge in [0.2, 0.25) is 0 Å². The first-order valence-electron chi connectivity index (χ1n) is 9.44. The first-order valence-corrected chi connectivity index (χ1v) is 11.6. The average molecular weight is 508 g/mol. The van der Waals surface area contributed by atoms with Crippen LogP contribution in [0.2, 0.25) is 10.0 Å². The fraction of sp³-hybridized carbons (Fsp3) is 0.0909. The maximum atomic E-state index is 13.3. The minimum atomic E-state index is -4.13. The summed E-state index contributed by atoms with van der Waals surface area (Å²) in [5, 5.41) is 13.9. The standard InChI is InChI=1S/C22H19Cl2N3O5S/c1-32-21-11-15(7-10-20(21)28)13-25-26-22(29)14-27(19-9-8-16(23)12-18(19)24)33(30,31)17-5-3-2-4-6-17/h2-13,28H,14H2,1H3,(H,26,29)/b25-13-. The number of halogens is 2. The number of phenolic OH excluding ortho intramolecular Hbond substituents is 1. The molecule has 0 unspecified atom stereocenters. The zero-order valence-corrected chi connectivity index (χ0v) is 19.6. The second kappa shape index (κ2) is 10.6. The Morgan fingerprint density at radius 3 is 2.52 bits per heavy atom. The molecule has 0 aromatic heterocycles. The number of sulfonamides is 1. The molecule has 1 amide bonds. The Balaban J connectivity index is 1.85. The van der Waals surface area contributed by atoms with Crippen molar-refractivity contribution in [2.45, 2.75) is 4.90 Å². The summed E-state index contributed by atoms with van der Waals surface area (Å²) >= 11 is 12.2. The summed E-state index contributed by atoms with van der Waals surface area (Å²) in [5.74, 6) is -0.509. The zero-order chi connectivity index (χ0) is 24.0. The van der Waals surface area contributed by atoms with Crippen LogP contribution in [-0.4, -0.2) is 39.3 Å². The van der Waals surface area contributed by atoms with Crippen LogP contribution in [0, 0.1) is 0 Å². The Kier molecular flexibility index (Phi) is 7.80. The van der Waals surface area contributed by atoms with Gasteiger partial charge in [0.25, 0.3) is 15.9 Å². The molecule has 172 valence electrons. The maximum absolute atomic E-state index is 13.3. The number of rotatable bonds is 8. The lowest BCUT2D eigenvalue weighted by Crippen LogP contribution is -2.39. The molecular formula is C22H19Cl2N3O5S. The molecule has 0 saturated heterocycles. The fourth-order valence-corrected chi connectivity index (χ4v) is 4.84. The quantitative estimate of drug-likeness (QED) is 0.353. The largest absolute Gasteiger partial charge is 0.504 e. The van der Waals surface area contributed by atoms with Gasteiger partial charge in [0.15, 0.2) is 11.5 Å². The smallest absolute Gasteiger partial charge is 0.264 e. The first-order chi connectivity index (χ1) is 15.7. The number of phenols is 1. The summed E-state index contributed by atoms with van der Waals surface area (Å²) in [6.07, 6.45) is 1.32. The van der Waals surface area contributed by atoms with E-state index >= 15 is 0 Å². The van der Waals surface area contributed by atoms with Crippen LogP contribution in [0.1, 0.15) is 5.56 Å². The highest BCUT2D eigenvalue weighted by Crippen LogP contribution is 2.32. The summed E-state index contributed by atoms with van der Waals surface area (Å²) in [6, 6.07) is 16.4. The van der Waals surface area contributed by atoms with Crippen LogP contribution < -0.4 is 14.5 Å². The lowest BCUT2D eigenvalue weighted by atomic mass is 10.2. The molecule has 11 heteroatoms. The summed E-state index contributed by atoms with van der Waals surface area (Å²) in [7, 11) is -2.72. The van der Waals surface area contributed by atoms with Crippen molar-refractivity contribution in [1.29, 1.82) is 0 Å². The molecule has 8 nitrogen and oxygen atoms in total. The molecule has 0 aliphatic heterocycles. The molecule has 0 radical (unpaired) electrons. The van der Waals surface area contributed by atoms with Crippen molar-refractivity contribution >= 4 is 51.0 Å². The number of methoxy groups -OCH3 is 1. The van der Waals surface area contributed by atoms with Crippen molar-refractivity contribution in [3.8, 4) is 11.5 Å². The molecule has 0 atom stereocenters. The van der Waals surface area contributed by atoms with E-state index < -0.39 is 22.5 Å². The van der Waals surface area contributed by atoms with Gasteiger partial charge in [-0.2, -0.15) is 5.10 Å². The Bertz CT molecular complexity index is 1280. The molecule has 3 aromatic rings. The number of carbonyl (C=O) groups excluding carboxylic acids is 1. The number of benzene rings is 3. The van der Waals surface area contributed by atoms with Crippen molar-refractivity contribution in [2.24, 2.45) is 5.10 Å². The van der Waals surface area contributed by atoms with Crippen LogP contribution in [0.3, 0.4) is 0 Å². The molecule has 0 saturated carbocycles. The molecule has 0 spiro atoms. The second-order valence-corrected chi connectivity index (χ2v) is 9.35. The fourth-order valence-electron chi connectivity index (χ4n) is 2.82. The Hall–Kier alpha value is -3.27.